The van der Waals surface area contributed by atoms with E-state index in [1.165, 1.54) is 31.2 Å². The molecule has 5 rings (SSSR count). The molecule has 240 valence electrons. The summed E-state index contributed by atoms with van der Waals surface area (Å²) in [6.07, 6.45) is 5.33. The number of amides is 2. The molecular formula is C37H54N4O3. The Balaban J connectivity index is 0.000000291. The summed E-state index contributed by atoms with van der Waals surface area (Å²) in [4.78, 5) is 28.4. The number of likely N-dealkylation sites (N-methyl/N-ethyl adjacent to an activating group) is 1. The molecule has 1 saturated carbocycles. The van der Waals surface area contributed by atoms with Crippen LogP contribution in [0, 0.1) is 0 Å². The van der Waals surface area contributed by atoms with Gasteiger partial charge >= 0.3 is 0 Å². The fourth-order valence-electron chi connectivity index (χ4n) is 4.52. The van der Waals surface area contributed by atoms with Crippen LogP contribution in [0.25, 0.3) is 11.1 Å². The lowest BCUT2D eigenvalue weighted by Gasteiger charge is -2.32. The number of ether oxygens (including phenoxy) is 1. The van der Waals surface area contributed by atoms with E-state index in [1.807, 2.05) is 82.5 Å². The zero-order valence-corrected chi connectivity index (χ0v) is 27.8. The van der Waals surface area contributed by atoms with E-state index in [9.17, 15) is 9.59 Å². The highest BCUT2D eigenvalue weighted by Gasteiger charge is 2.23. The minimum Gasteiger partial charge on any atom is -0.497 e. The summed E-state index contributed by atoms with van der Waals surface area (Å²) in [5.74, 6) is 1.56. The van der Waals surface area contributed by atoms with Crippen molar-refractivity contribution in [2.75, 3.05) is 60.5 Å². The Bertz CT molecular complexity index is 1180. The zero-order chi connectivity index (χ0) is 32.2. The summed E-state index contributed by atoms with van der Waals surface area (Å²) in [6.45, 7) is 10.6. The van der Waals surface area contributed by atoms with E-state index in [1.54, 1.807) is 24.1 Å². The molecule has 2 N–H and O–H groups in total. The van der Waals surface area contributed by atoms with Gasteiger partial charge in [-0.1, -0.05) is 81.8 Å². The number of carbonyl (C=O) groups excluding carboxylic acids is 2. The van der Waals surface area contributed by atoms with Gasteiger partial charge in [0.1, 0.15) is 5.75 Å². The van der Waals surface area contributed by atoms with E-state index in [-0.39, 0.29) is 18.4 Å². The SMILES string of the molecule is CC.CCCCNC.CN1CCN(C(=O)CNC(=O)c2ccc(-c3ccccc3)cc2)CC1.COc1ccc(C2CC2)cc1. The van der Waals surface area contributed by atoms with Gasteiger partial charge in [0.05, 0.1) is 13.7 Å². The van der Waals surface area contributed by atoms with Crippen LogP contribution in [0.2, 0.25) is 0 Å². The van der Waals surface area contributed by atoms with E-state index in [0.717, 1.165) is 55.5 Å². The van der Waals surface area contributed by atoms with E-state index in [2.05, 4.69) is 34.6 Å². The predicted octanol–water partition coefficient (Wildman–Crippen LogP) is 6.46. The molecule has 7 heteroatoms. The minimum absolute atomic E-state index is 0.0256. The number of nitrogens with zero attached hydrogens (tertiary/aromatic N) is 2. The molecule has 1 saturated heterocycles. The molecule has 44 heavy (non-hydrogen) atoms. The van der Waals surface area contributed by atoms with Crippen molar-refractivity contribution < 1.29 is 14.3 Å². The highest BCUT2D eigenvalue weighted by Crippen LogP contribution is 2.40. The van der Waals surface area contributed by atoms with Crippen molar-refractivity contribution in [1.29, 1.82) is 0 Å². The number of nitrogens with one attached hydrogen (secondary N) is 2. The van der Waals surface area contributed by atoms with E-state index in [0.29, 0.717) is 5.56 Å². The normalized spacial score (nSPS) is 14.0. The molecular weight excluding hydrogens is 548 g/mol. The smallest absolute Gasteiger partial charge is 0.251 e. The summed E-state index contributed by atoms with van der Waals surface area (Å²) in [5, 5.41) is 5.79. The van der Waals surface area contributed by atoms with Crippen LogP contribution >= 0.6 is 0 Å². The number of piperazine rings is 1. The number of rotatable bonds is 9. The number of hydrogen-bond donors (Lipinski definition) is 2. The summed E-state index contributed by atoms with van der Waals surface area (Å²) >= 11 is 0. The quantitative estimate of drug-likeness (QED) is 0.275. The summed E-state index contributed by atoms with van der Waals surface area (Å²) < 4.78 is 5.07. The molecule has 1 aliphatic heterocycles. The van der Waals surface area contributed by atoms with Gasteiger partial charge in [-0.3, -0.25) is 9.59 Å². The highest BCUT2D eigenvalue weighted by molar-refractivity contribution is 5.96. The first-order chi connectivity index (χ1) is 21.4. The Morgan fingerprint density at radius 3 is 1.93 bits per heavy atom. The van der Waals surface area contributed by atoms with Crippen LogP contribution in [-0.4, -0.2) is 82.1 Å². The molecule has 0 spiro atoms. The molecule has 0 unspecified atom stereocenters. The highest BCUT2D eigenvalue weighted by atomic mass is 16.5. The van der Waals surface area contributed by atoms with E-state index >= 15 is 0 Å². The molecule has 0 bridgehead atoms. The topological polar surface area (TPSA) is 73.9 Å². The Morgan fingerprint density at radius 2 is 1.43 bits per heavy atom. The number of methoxy groups -OCH3 is 1. The van der Waals surface area contributed by atoms with Crippen molar-refractivity contribution in [2.45, 2.75) is 52.4 Å². The van der Waals surface area contributed by atoms with Gasteiger partial charge in [0, 0.05) is 31.7 Å². The van der Waals surface area contributed by atoms with Gasteiger partial charge < -0.3 is 25.2 Å². The Labute approximate surface area is 266 Å². The van der Waals surface area contributed by atoms with E-state index < -0.39 is 0 Å². The van der Waals surface area contributed by atoms with Crippen LogP contribution < -0.4 is 15.4 Å². The second-order valence-corrected chi connectivity index (χ2v) is 10.8. The van der Waals surface area contributed by atoms with Gasteiger partial charge in [0.15, 0.2) is 0 Å². The molecule has 7 nitrogen and oxygen atoms in total. The second-order valence-electron chi connectivity index (χ2n) is 10.8. The molecule has 0 atom stereocenters. The molecule has 2 amide bonds. The molecule has 3 aromatic carbocycles. The Kier molecular flexibility index (Phi) is 17.5. The lowest BCUT2D eigenvalue weighted by Crippen LogP contribution is -2.50. The van der Waals surface area contributed by atoms with Crippen molar-refractivity contribution in [2.24, 2.45) is 0 Å². The standard InChI is InChI=1S/C20H23N3O2.C10H12O.C5H13N.C2H6/c1-22-11-13-23(14-12-22)19(24)15-21-20(25)18-9-7-17(8-10-18)16-5-3-2-4-6-16;1-11-10-6-4-9(5-7-10)8-2-3-8;1-3-4-5-6-2;1-2/h2-10H,11-15H2,1H3,(H,21,25);4-8H,2-3H2,1H3;6H,3-5H2,1-2H3;1-2H3. The van der Waals surface area contributed by atoms with Crippen LogP contribution in [0.3, 0.4) is 0 Å². The van der Waals surface area contributed by atoms with Crippen LogP contribution in [0.4, 0.5) is 0 Å². The number of hydrogen-bond acceptors (Lipinski definition) is 5. The third-order valence-electron chi connectivity index (χ3n) is 7.46. The third kappa shape index (κ3) is 13.3. The minimum atomic E-state index is -0.220. The number of benzene rings is 3. The van der Waals surface area contributed by atoms with Crippen molar-refractivity contribution in [1.82, 2.24) is 20.4 Å². The van der Waals surface area contributed by atoms with Crippen LogP contribution in [0.15, 0.2) is 78.9 Å². The van der Waals surface area contributed by atoms with Crippen LogP contribution in [-0.2, 0) is 4.79 Å². The summed E-state index contributed by atoms with van der Waals surface area (Å²) in [6, 6.07) is 25.8. The van der Waals surface area contributed by atoms with Crippen molar-refractivity contribution in [3.63, 3.8) is 0 Å². The zero-order valence-electron chi connectivity index (χ0n) is 27.8. The average molecular weight is 603 g/mol. The Morgan fingerprint density at radius 1 is 0.841 bits per heavy atom. The number of carbonyl (C=O) groups is 2. The van der Waals surface area contributed by atoms with Gasteiger partial charge in [-0.2, -0.15) is 0 Å². The van der Waals surface area contributed by atoms with Crippen LogP contribution in [0.1, 0.15) is 68.3 Å². The van der Waals surface area contributed by atoms with Gasteiger partial charge in [-0.15, -0.1) is 0 Å². The number of unbranched alkanes of at least 4 members (excludes halogenated alkanes) is 1. The molecule has 0 aromatic heterocycles. The molecule has 2 aliphatic rings. The molecule has 1 aliphatic carbocycles. The lowest BCUT2D eigenvalue weighted by molar-refractivity contribution is -0.131. The van der Waals surface area contributed by atoms with Gasteiger partial charge in [-0.25, -0.2) is 0 Å². The van der Waals surface area contributed by atoms with E-state index in [4.69, 9.17) is 4.74 Å². The summed E-state index contributed by atoms with van der Waals surface area (Å²) in [5.41, 5.74) is 4.20. The van der Waals surface area contributed by atoms with Crippen molar-refractivity contribution >= 4 is 11.8 Å². The first kappa shape index (κ1) is 36.5. The fraction of sp³-hybridized carbons (Fsp3) is 0.459. The Hall–Kier alpha value is -3.68. The van der Waals surface area contributed by atoms with Gasteiger partial charge in [0.2, 0.25) is 5.91 Å². The lowest BCUT2D eigenvalue weighted by atomic mass is 10.0. The summed E-state index contributed by atoms with van der Waals surface area (Å²) in [7, 11) is 5.73. The average Bonchev–Trinajstić information content (AvgIpc) is 3.94. The predicted molar refractivity (Wildman–Crippen MR) is 183 cm³/mol. The second kappa shape index (κ2) is 21.1. The monoisotopic (exact) mass is 602 g/mol. The van der Waals surface area contributed by atoms with Gasteiger partial charge in [0.25, 0.3) is 5.91 Å². The molecule has 3 aromatic rings. The fourth-order valence-corrected chi connectivity index (χ4v) is 4.52. The molecule has 0 radical (unpaired) electrons. The molecule has 2 fully saturated rings. The largest absolute Gasteiger partial charge is 0.497 e. The third-order valence-corrected chi connectivity index (χ3v) is 7.46. The van der Waals surface area contributed by atoms with Crippen LogP contribution in [0.5, 0.6) is 5.75 Å². The van der Waals surface area contributed by atoms with Crippen molar-refractivity contribution in [3.05, 3.63) is 90.0 Å². The maximum Gasteiger partial charge on any atom is 0.251 e. The van der Waals surface area contributed by atoms with Crippen molar-refractivity contribution in [3.8, 4) is 16.9 Å². The maximum atomic E-state index is 12.2. The molecule has 1 heterocycles. The van der Waals surface area contributed by atoms with Gasteiger partial charge in [-0.05, 0) is 86.8 Å². The first-order valence-electron chi connectivity index (χ1n) is 16.1. The first-order valence-corrected chi connectivity index (χ1v) is 16.1. The maximum absolute atomic E-state index is 12.2.